The second kappa shape index (κ2) is 13.9. The summed E-state index contributed by atoms with van der Waals surface area (Å²) in [4.78, 5) is 18.7. The summed E-state index contributed by atoms with van der Waals surface area (Å²) in [7, 11) is 0. The van der Waals surface area contributed by atoms with Crippen molar-refractivity contribution in [2.24, 2.45) is 0 Å². The van der Waals surface area contributed by atoms with Gasteiger partial charge in [0.1, 0.15) is 11.2 Å². The van der Waals surface area contributed by atoms with Gasteiger partial charge in [0.25, 0.3) is 0 Å². The van der Waals surface area contributed by atoms with Crippen LogP contribution in [0.2, 0.25) is 0 Å². The van der Waals surface area contributed by atoms with Crippen molar-refractivity contribution >= 4 is 27.6 Å². The molecule has 9 aromatic carbocycles. The van der Waals surface area contributed by atoms with Crippen LogP contribution in [0, 0.1) is 6.57 Å². The summed E-state index contributed by atoms with van der Waals surface area (Å²) < 4.78 is 6.41. The van der Waals surface area contributed by atoms with E-state index in [0.717, 1.165) is 38.6 Å². The molecule has 0 saturated heterocycles. The van der Waals surface area contributed by atoms with Gasteiger partial charge in [-0.2, -0.15) is 0 Å². The summed E-state index contributed by atoms with van der Waals surface area (Å²) in [6.45, 7) is 7.54. The standard InChI is InChI=1S/C59H34N4O/c1-60-41-33-34-53-48(35-41)45-19-11-20-47(55(45)64-53)58-62-56(39-13-3-2-4-14-39)61-57(63-58)40-31-27-37(28-32-40)36-25-29-38(30-26-36)42-18-12-24-52-54(42)46-17-7-10-23-51(46)59(52)49-21-8-5-15-43(49)44-16-6-9-22-50(44)59/h2-35H. The monoisotopic (exact) mass is 814 g/mol. The van der Waals surface area contributed by atoms with Crippen molar-refractivity contribution in [3.63, 3.8) is 0 Å². The highest BCUT2D eigenvalue weighted by Gasteiger charge is 2.51. The van der Waals surface area contributed by atoms with Crippen LogP contribution in [0.1, 0.15) is 22.3 Å². The van der Waals surface area contributed by atoms with Gasteiger partial charge in [-0.1, -0.05) is 188 Å². The Morgan fingerprint density at radius 2 is 0.875 bits per heavy atom. The van der Waals surface area contributed by atoms with Gasteiger partial charge in [-0.05, 0) is 85.0 Å². The molecule has 0 radical (unpaired) electrons. The van der Waals surface area contributed by atoms with Crippen molar-refractivity contribution < 1.29 is 4.42 Å². The third kappa shape index (κ3) is 5.20. The molecule has 0 amide bonds. The summed E-state index contributed by atoms with van der Waals surface area (Å²) in [6, 6.07) is 72.6. The Balaban J connectivity index is 0.874. The predicted octanol–water partition coefficient (Wildman–Crippen LogP) is 15.0. The highest BCUT2D eigenvalue weighted by Crippen LogP contribution is 2.64. The summed E-state index contributed by atoms with van der Waals surface area (Å²) >= 11 is 0. The van der Waals surface area contributed by atoms with Crippen molar-refractivity contribution in [1.29, 1.82) is 0 Å². The zero-order chi connectivity index (χ0) is 42.4. The fraction of sp³-hybridized carbons (Fsp3) is 0.0169. The van der Waals surface area contributed by atoms with E-state index < -0.39 is 0 Å². The molecular formula is C59H34N4O. The molecule has 11 aromatic rings. The van der Waals surface area contributed by atoms with Gasteiger partial charge in [0.15, 0.2) is 23.2 Å². The van der Waals surface area contributed by atoms with E-state index in [-0.39, 0.29) is 5.41 Å². The Hall–Kier alpha value is -8.72. The minimum atomic E-state index is -0.372. The van der Waals surface area contributed by atoms with Gasteiger partial charge in [-0.3, -0.25) is 0 Å². The van der Waals surface area contributed by atoms with E-state index in [0.29, 0.717) is 34.3 Å². The SMILES string of the molecule is [C-]#[N+]c1ccc2oc3c(-c4nc(-c5ccccc5)nc(-c5ccc(-c6ccc(-c7cccc8c7-c7ccccc7C87c8ccccc8-c8ccccc87)cc6)cc5)n4)cccc3c2c1. The zero-order valence-corrected chi connectivity index (χ0v) is 34.3. The minimum Gasteiger partial charge on any atom is -0.455 e. The van der Waals surface area contributed by atoms with Crippen LogP contribution in [0.25, 0.3) is 105 Å². The average Bonchev–Trinajstić information content (AvgIpc) is 4.00. The van der Waals surface area contributed by atoms with E-state index in [4.69, 9.17) is 25.9 Å². The molecule has 2 aromatic heterocycles. The highest BCUT2D eigenvalue weighted by atomic mass is 16.3. The molecule has 296 valence electrons. The maximum atomic E-state index is 7.54. The summed E-state index contributed by atoms with van der Waals surface area (Å²) in [5.74, 6) is 1.66. The molecule has 0 fully saturated rings. The summed E-state index contributed by atoms with van der Waals surface area (Å²) in [6.07, 6.45) is 0. The number of nitrogens with zero attached hydrogens (tertiary/aromatic N) is 4. The summed E-state index contributed by atoms with van der Waals surface area (Å²) in [5.41, 5.74) is 19.3. The molecule has 0 aliphatic heterocycles. The van der Waals surface area contributed by atoms with Crippen LogP contribution in [-0.2, 0) is 5.41 Å². The number of fused-ring (bicyclic) bond motifs is 13. The molecule has 0 unspecified atom stereocenters. The molecule has 2 aliphatic rings. The van der Waals surface area contributed by atoms with Crippen molar-refractivity contribution in [3.8, 4) is 78.7 Å². The molecule has 5 heteroatoms. The molecule has 13 rings (SSSR count). The topological polar surface area (TPSA) is 56.2 Å². The fourth-order valence-electron chi connectivity index (χ4n) is 10.4. The Morgan fingerprint density at radius 3 is 1.55 bits per heavy atom. The maximum absolute atomic E-state index is 7.54. The van der Waals surface area contributed by atoms with Crippen molar-refractivity contribution in [2.45, 2.75) is 5.41 Å². The maximum Gasteiger partial charge on any atom is 0.188 e. The molecule has 2 aliphatic carbocycles. The predicted molar refractivity (Wildman–Crippen MR) is 257 cm³/mol. The van der Waals surface area contributed by atoms with E-state index in [1.165, 1.54) is 55.6 Å². The van der Waals surface area contributed by atoms with Gasteiger partial charge in [-0.15, -0.1) is 0 Å². The molecular weight excluding hydrogens is 781 g/mol. The first-order chi connectivity index (χ1) is 31.7. The van der Waals surface area contributed by atoms with E-state index in [1.807, 2.05) is 60.7 Å². The smallest absolute Gasteiger partial charge is 0.188 e. The molecule has 0 atom stereocenters. The molecule has 64 heavy (non-hydrogen) atoms. The molecule has 0 N–H and O–H groups in total. The van der Waals surface area contributed by atoms with E-state index in [9.17, 15) is 0 Å². The summed E-state index contributed by atoms with van der Waals surface area (Å²) in [5, 5.41) is 1.80. The van der Waals surface area contributed by atoms with Crippen LogP contribution in [-0.4, -0.2) is 15.0 Å². The van der Waals surface area contributed by atoms with E-state index in [1.54, 1.807) is 6.07 Å². The first-order valence-electron chi connectivity index (χ1n) is 21.5. The number of hydrogen-bond acceptors (Lipinski definition) is 4. The number of para-hydroxylation sites is 1. The van der Waals surface area contributed by atoms with Crippen molar-refractivity contribution in [2.75, 3.05) is 0 Å². The van der Waals surface area contributed by atoms with Crippen LogP contribution in [0.3, 0.4) is 0 Å². The second-order valence-corrected chi connectivity index (χ2v) is 16.5. The van der Waals surface area contributed by atoms with Crippen LogP contribution < -0.4 is 0 Å². The molecule has 0 saturated carbocycles. The van der Waals surface area contributed by atoms with Crippen LogP contribution in [0.15, 0.2) is 211 Å². The van der Waals surface area contributed by atoms with Gasteiger partial charge in [0, 0.05) is 21.9 Å². The highest BCUT2D eigenvalue weighted by molar-refractivity contribution is 6.10. The lowest BCUT2D eigenvalue weighted by Gasteiger charge is -2.30. The lowest BCUT2D eigenvalue weighted by molar-refractivity contribution is 0.669. The Labute approximate surface area is 369 Å². The average molecular weight is 815 g/mol. The number of hydrogen-bond donors (Lipinski definition) is 0. The first-order valence-corrected chi connectivity index (χ1v) is 21.5. The molecule has 2 heterocycles. The van der Waals surface area contributed by atoms with Gasteiger partial charge in [0.05, 0.1) is 17.6 Å². The molecule has 5 nitrogen and oxygen atoms in total. The third-order valence-corrected chi connectivity index (χ3v) is 13.2. The van der Waals surface area contributed by atoms with Crippen molar-refractivity contribution in [1.82, 2.24) is 15.0 Å². The van der Waals surface area contributed by atoms with Gasteiger partial charge < -0.3 is 4.42 Å². The fourth-order valence-corrected chi connectivity index (χ4v) is 10.4. The van der Waals surface area contributed by atoms with Crippen LogP contribution in [0.5, 0.6) is 0 Å². The van der Waals surface area contributed by atoms with E-state index >= 15 is 0 Å². The Morgan fingerprint density at radius 1 is 0.375 bits per heavy atom. The third-order valence-electron chi connectivity index (χ3n) is 13.2. The Kier molecular flexibility index (Phi) is 7.82. The van der Waals surface area contributed by atoms with Crippen molar-refractivity contribution in [3.05, 3.63) is 240 Å². The van der Waals surface area contributed by atoms with Gasteiger partial charge in [0.2, 0.25) is 0 Å². The Bertz CT molecular complexity index is 3680. The van der Waals surface area contributed by atoms with E-state index in [2.05, 4.69) is 144 Å². The first kappa shape index (κ1) is 36.0. The number of aromatic nitrogens is 3. The number of benzene rings is 9. The van der Waals surface area contributed by atoms with Crippen LogP contribution >= 0.6 is 0 Å². The van der Waals surface area contributed by atoms with Gasteiger partial charge in [-0.25, -0.2) is 19.8 Å². The normalized spacial score (nSPS) is 12.8. The number of rotatable bonds is 5. The zero-order valence-electron chi connectivity index (χ0n) is 34.3. The van der Waals surface area contributed by atoms with Crippen LogP contribution in [0.4, 0.5) is 5.69 Å². The number of furan rings is 1. The quantitative estimate of drug-likeness (QED) is 0.162. The second-order valence-electron chi connectivity index (χ2n) is 16.5. The van der Waals surface area contributed by atoms with Gasteiger partial charge >= 0.3 is 0 Å². The largest absolute Gasteiger partial charge is 0.455 e. The lowest BCUT2D eigenvalue weighted by Crippen LogP contribution is -2.25. The molecule has 0 bridgehead atoms. The molecule has 1 spiro atoms. The minimum absolute atomic E-state index is 0.372. The lowest BCUT2D eigenvalue weighted by atomic mass is 9.70.